The number of aromatic amines is 1. The average molecular weight is 263 g/mol. The number of rotatable bonds is 4. The summed E-state index contributed by atoms with van der Waals surface area (Å²) in [5.74, 6) is -1.82. The Bertz CT molecular complexity index is 507. The van der Waals surface area contributed by atoms with Crippen molar-refractivity contribution in [1.29, 1.82) is 0 Å². The van der Waals surface area contributed by atoms with E-state index in [1.807, 2.05) is 19.1 Å². The van der Waals surface area contributed by atoms with Crippen LogP contribution in [0.1, 0.15) is 25.3 Å². The van der Waals surface area contributed by atoms with Crippen LogP contribution in [0.2, 0.25) is 0 Å². The molecule has 0 saturated heterocycles. The Morgan fingerprint density at radius 2 is 2.11 bits per heavy atom. The summed E-state index contributed by atoms with van der Waals surface area (Å²) in [5.41, 5.74) is 0.909. The summed E-state index contributed by atoms with van der Waals surface area (Å²) >= 11 is 0. The fourth-order valence-corrected chi connectivity index (χ4v) is 2.28. The smallest absolute Gasteiger partial charge is 0.307 e. The number of carboxylic acid groups (broad SMARTS) is 1. The van der Waals surface area contributed by atoms with Gasteiger partial charge in [0.2, 0.25) is 5.91 Å². The van der Waals surface area contributed by atoms with Crippen molar-refractivity contribution >= 4 is 17.7 Å². The number of nitrogens with zero attached hydrogens (tertiary/aromatic N) is 1. The van der Waals surface area contributed by atoms with Gasteiger partial charge in [0.25, 0.3) is 0 Å². The fourth-order valence-electron chi connectivity index (χ4n) is 2.28. The number of aliphatic carboxylic acids is 1. The quantitative estimate of drug-likeness (QED) is 0.719. The molecule has 0 aromatic carbocycles. The number of allylic oxidation sites excluding steroid dienone is 2. The molecular weight excluding hydrogens is 246 g/mol. The molecule has 1 aliphatic carbocycles. The van der Waals surface area contributed by atoms with E-state index in [1.165, 1.54) is 0 Å². The second-order valence-electron chi connectivity index (χ2n) is 4.61. The number of carbonyl (C=O) groups is 2. The topological polar surface area (TPSA) is 95.1 Å². The van der Waals surface area contributed by atoms with Crippen molar-refractivity contribution in [2.45, 2.75) is 26.2 Å². The van der Waals surface area contributed by atoms with E-state index in [0.717, 1.165) is 12.0 Å². The highest BCUT2D eigenvalue weighted by Crippen LogP contribution is 2.27. The summed E-state index contributed by atoms with van der Waals surface area (Å²) in [6.45, 7) is 1.96. The summed E-state index contributed by atoms with van der Waals surface area (Å²) in [6.07, 6.45) is 6.94. The number of carbonyl (C=O) groups excluding carboxylic acids is 1. The maximum Gasteiger partial charge on any atom is 0.307 e. The molecule has 2 unspecified atom stereocenters. The molecule has 2 rings (SSSR count). The van der Waals surface area contributed by atoms with Crippen LogP contribution in [0.15, 0.2) is 18.3 Å². The molecule has 6 heteroatoms. The third-order valence-electron chi connectivity index (χ3n) is 3.43. The molecule has 0 spiro atoms. The van der Waals surface area contributed by atoms with Crippen LogP contribution in [0.4, 0.5) is 5.82 Å². The number of amides is 1. The van der Waals surface area contributed by atoms with Crippen LogP contribution >= 0.6 is 0 Å². The SMILES string of the molecule is CCc1cn[nH]c1NC(=O)C1CC=CCC1C(=O)O. The van der Waals surface area contributed by atoms with E-state index in [2.05, 4.69) is 15.5 Å². The van der Waals surface area contributed by atoms with Crippen LogP contribution in [0.25, 0.3) is 0 Å². The molecule has 1 aliphatic rings. The molecule has 1 amide bonds. The van der Waals surface area contributed by atoms with Gasteiger partial charge in [0, 0.05) is 5.56 Å². The molecule has 3 N–H and O–H groups in total. The molecule has 0 aliphatic heterocycles. The number of hydrogen-bond acceptors (Lipinski definition) is 3. The van der Waals surface area contributed by atoms with Crippen molar-refractivity contribution in [1.82, 2.24) is 10.2 Å². The Hall–Kier alpha value is -2.11. The zero-order valence-electron chi connectivity index (χ0n) is 10.7. The lowest BCUT2D eigenvalue weighted by Crippen LogP contribution is -2.35. The van der Waals surface area contributed by atoms with Gasteiger partial charge in [-0.1, -0.05) is 19.1 Å². The molecule has 1 heterocycles. The van der Waals surface area contributed by atoms with E-state index < -0.39 is 17.8 Å². The summed E-state index contributed by atoms with van der Waals surface area (Å²) in [7, 11) is 0. The summed E-state index contributed by atoms with van der Waals surface area (Å²) < 4.78 is 0. The molecule has 6 nitrogen and oxygen atoms in total. The number of aryl methyl sites for hydroxylation is 1. The summed E-state index contributed by atoms with van der Waals surface area (Å²) in [6, 6.07) is 0. The Balaban J connectivity index is 2.10. The molecule has 1 aromatic heterocycles. The van der Waals surface area contributed by atoms with Crippen molar-refractivity contribution in [3.63, 3.8) is 0 Å². The maximum atomic E-state index is 12.2. The fraction of sp³-hybridized carbons (Fsp3) is 0.462. The molecule has 102 valence electrons. The first-order valence-corrected chi connectivity index (χ1v) is 6.34. The Morgan fingerprint density at radius 1 is 1.42 bits per heavy atom. The molecular formula is C13H17N3O3. The minimum Gasteiger partial charge on any atom is -0.481 e. The van der Waals surface area contributed by atoms with Gasteiger partial charge in [-0.3, -0.25) is 14.7 Å². The second kappa shape index (κ2) is 5.69. The first-order valence-electron chi connectivity index (χ1n) is 6.34. The molecule has 2 atom stereocenters. The van der Waals surface area contributed by atoms with Gasteiger partial charge >= 0.3 is 5.97 Å². The summed E-state index contributed by atoms with van der Waals surface area (Å²) in [5, 5.41) is 18.5. The highest BCUT2D eigenvalue weighted by Gasteiger charge is 2.34. The maximum absolute atomic E-state index is 12.2. The first-order chi connectivity index (χ1) is 9.13. The normalized spacial score (nSPS) is 22.2. The van der Waals surface area contributed by atoms with E-state index in [1.54, 1.807) is 6.20 Å². The molecule has 0 bridgehead atoms. The van der Waals surface area contributed by atoms with Gasteiger partial charge in [-0.05, 0) is 19.3 Å². The van der Waals surface area contributed by atoms with Crippen LogP contribution in [-0.4, -0.2) is 27.2 Å². The van der Waals surface area contributed by atoms with E-state index >= 15 is 0 Å². The van der Waals surface area contributed by atoms with Gasteiger partial charge in [0.05, 0.1) is 18.0 Å². The Labute approximate surface area is 110 Å². The summed E-state index contributed by atoms with van der Waals surface area (Å²) in [4.78, 5) is 23.4. The Morgan fingerprint density at radius 3 is 2.74 bits per heavy atom. The largest absolute Gasteiger partial charge is 0.481 e. The highest BCUT2D eigenvalue weighted by atomic mass is 16.4. The predicted molar refractivity (Wildman–Crippen MR) is 69.6 cm³/mol. The van der Waals surface area contributed by atoms with Crippen LogP contribution in [0.3, 0.4) is 0 Å². The van der Waals surface area contributed by atoms with E-state index in [-0.39, 0.29) is 5.91 Å². The lowest BCUT2D eigenvalue weighted by molar-refractivity contribution is -0.146. The minimum atomic E-state index is -0.926. The number of hydrogen-bond donors (Lipinski definition) is 3. The number of aromatic nitrogens is 2. The van der Waals surface area contributed by atoms with Gasteiger partial charge in [-0.25, -0.2) is 0 Å². The van der Waals surface area contributed by atoms with Gasteiger partial charge < -0.3 is 10.4 Å². The molecule has 1 aromatic rings. The zero-order valence-corrected chi connectivity index (χ0v) is 10.7. The van der Waals surface area contributed by atoms with Crippen molar-refractivity contribution in [2.75, 3.05) is 5.32 Å². The van der Waals surface area contributed by atoms with Gasteiger partial charge in [0.1, 0.15) is 5.82 Å². The van der Waals surface area contributed by atoms with E-state index in [4.69, 9.17) is 5.11 Å². The second-order valence-corrected chi connectivity index (χ2v) is 4.61. The van der Waals surface area contributed by atoms with Gasteiger partial charge in [-0.15, -0.1) is 0 Å². The zero-order chi connectivity index (χ0) is 13.8. The number of carboxylic acids is 1. The van der Waals surface area contributed by atoms with Gasteiger partial charge in [0.15, 0.2) is 0 Å². The highest BCUT2D eigenvalue weighted by molar-refractivity contribution is 5.95. The van der Waals surface area contributed by atoms with Crippen LogP contribution in [0, 0.1) is 11.8 Å². The third kappa shape index (κ3) is 2.83. The predicted octanol–water partition coefficient (Wildman–Crippen LogP) is 1.58. The van der Waals surface area contributed by atoms with Crippen LogP contribution < -0.4 is 5.32 Å². The van der Waals surface area contributed by atoms with Gasteiger partial charge in [-0.2, -0.15) is 5.10 Å². The van der Waals surface area contributed by atoms with E-state index in [9.17, 15) is 9.59 Å². The van der Waals surface area contributed by atoms with Crippen molar-refractivity contribution in [2.24, 2.45) is 11.8 Å². The number of H-pyrrole nitrogens is 1. The molecule has 0 fully saturated rings. The number of anilines is 1. The first kappa shape index (κ1) is 13.3. The lowest BCUT2D eigenvalue weighted by atomic mass is 9.82. The monoisotopic (exact) mass is 263 g/mol. The van der Waals surface area contributed by atoms with Crippen LogP contribution in [-0.2, 0) is 16.0 Å². The van der Waals surface area contributed by atoms with E-state index in [0.29, 0.717) is 18.7 Å². The standard InChI is InChI=1S/C13H17N3O3/c1-2-8-7-14-16-11(8)15-12(17)9-5-3-4-6-10(9)13(18)19/h3-4,7,9-10H,2,5-6H2,1H3,(H,18,19)(H2,14,15,16,17). The molecule has 0 radical (unpaired) electrons. The third-order valence-corrected chi connectivity index (χ3v) is 3.43. The van der Waals surface area contributed by atoms with Crippen molar-refractivity contribution in [3.8, 4) is 0 Å². The molecule has 0 saturated carbocycles. The molecule has 19 heavy (non-hydrogen) atoms. The Kier molecular flexibility index (Phi) is 3.99. The average Bonchev–Trinajstić information content (AvgIpc) is 2.85. The van der Waals surface area contributed by atoms with Crippen molar-refractivity contribution in [3.05, 3.63) is 23.9 Å². The lowest BCUT2D eigenvalue weighted by Gasteiger charge is -2.24. The number of nitrogens with one attached hydrogen (secondary N) is 2. The van der Waals surface area contributed by atoms with Crippen molar-refractivity contribution < 1.29 is 14.7 Å². The minimum absolute atomic E-state index is 0.268. The van der Waals surface area contributed by atoms with Crippen LogP contribution in [0.5, 0.6) is 0 Å².